The number of nitrogens with zero attached hydrogens (tertiary/aromatic N) is 4. The normalized spacial score (nSPS) is 11.0. The first-order valence-electron chi connectivity index (χ1n) is 8.31. The van der Waals surface area contributed by atoms with E-state index in [1.54, 1.807) is 13.3 Å². The number of carbonyl (C=O) groups is 1. The lowest BCUT2D eigenvalue weighted by Crippen LogP contribution is -2.19. The van der Waals surface area contributed by atoms with Crippen LogP contribution in [0.1, 0.15) is 5.56 Å². The van der Waals surface area contributed by atoms with Gasteiger partial charge in [0.1, 0.15) is 5.75 Å². The zero-order valence-electron chi connectivity index (χ0n) is 15.3. The van der Waals surface area contributed by atoms with Crippen LogP contribution >= 0.6 is 27.7 Å². The van der Waals surface area contributed by atoms with Crippen molar-refractivity contribution in [3.8, 4) is 17.1 Å². The molecule has 0 saturated heterocycles. The molecule has 0 aliphatic carbocycles. The first kappa shape index (κ1) is 20.1. The molecule has 1 aromatic heterocycles. The lowest BCUT2D eigenvalue weighted by atomic mass is 10.2. The molecule has 0 fully saturated rings. The first-order valence-corrected chi connectivity index (χ1v) is 10.1. The van der Waals surface area contributed by atoms with Crippen molar-refractivity contribution < 1.29 is 9.53 Å². The molecule has 0 spiro atoms. The Balaban J connectivity index is 1.55. The molecular formula is C19H18BrN5O2S. The highest BCUT2D eigenvalue weighted by atomic mass is 79.9. The van der Waals surface area contributed by atoms with Gasteiger partial charge in [-0.3, -0.25) is 4.79 Å². The zero-order valence-corrected chi connectivity index (χ0v) is 17.7. The summed E-state index contributed by atoms with van der Waals surface area (Å²) >= 11 is 4.75. The number of methoxy groups -OCH3 is 1. The van der Waals surface area contributed by atoms with Gasteiger partial charge in [0.25, 0.3) is 5.91 Å². The molecule has 0 aliphatic heterocycles. The lowest BCUT2D eigenvalue weighted by molar-refractivity contribution is -0.118. The van der Waals surface area contributed by atoms with Crippen LogP contribution in [-0.4, -0.2) is 39.7 Å². The van der Waals surface area contributed by atoms with Gasteiger partial charge in [-0.2, -0.15) is 5.10 Å². The Morgan fingerprint density at radius 2 is 2.11 bits per heavy atom. The Kier molecular flexibility index (Phi) is 6.83. The quantitative estimate of drug-likeness (QED) is 0.332. The minimum atomic E-state index is -0.226. The van der Waals surface area contributed by atoms with Crippen LogP contribution in [0.15, 0.2) is 63.3 Å². The zero-order chi connectivity index (χ0) is 19.9. The van der Waals surface area contributed by atoms with Gasteiger partial charge in [-0.05, 0) is 29.8 Å². The summed E-state index contributed by atoms with van der Waals surface area (Å²) in [5, 5.41) is 13.0. The van der Waals surface area contributed by atoms with Crippen LogP contribution in [0.2, 0.25) is 0 Å². The second-order valence-electron chi connectivity index (χ2n) is 5.73. The van der Waals surface area contributed by atoms with E-state index in [0.29, 0.717) is 5.16 Å². The highest BCUT2D eigenvalue weighted by Gasteiger charge is 2.13. The Morgan fingerprint density at radius 1 is 1.29 bits per heavy atom. The van der Waals surface area contributed by atoms with Crippen LogP contribution in [-0.2, 0) is 11.8 Å². The van der Waals surface area contributed by atoms with E-state index in [1.165, 1.54) is 11.8 Å². The molecule has 3 rings (SSSR count). The summed E-state index contributed by atoms with van der Waals surface area (Å²) in [5.41, 5.74) is 4.29. The number of carbonyl (C=O) groups excluding carboxylic acids is 1. The maximum Gasteiger partial charge on any atom is 0.250 e. The van der Waals surface area contributed by atoms with Crippen LogP contribution in [0.5, 0.6) is 5.75 Å². The molecule has 0 atom stereocenters. The van der Waals surface area contributed by atoms with E-state index < -0.39 is 0 Å². The molecule has 0 radical (unpaired) electrons. The van der Waals surface area contributed by atoms with Gasteiger partial charge < -0.3 is 9.30 Å². The number of amides is 1. The molecule has 1 amide bonds. The van der Waals surface area contributed by atoms with Crippen LogP contribution in [0.3, 0.4) is 0 Å². The minimum Gasteiger partial charge on any atom is -0.497 e. The fourth-order valence-corrected chi connectivity index (χ4v) is 3.49. The number of halogens is 1. The lowest BCUT2D eigenvalue weighted by Gasteiger charge is -2.04. The standard InChI is InChI=1S/C19H18BrN5O2S/c1-25-18(14-6-4-7-15(20)10-14)23-24-19(25)28-12-17(26)22-21-11-13-5-3-8-16(9-13)27-2/h3-11H,12H2,1-2H3,(H,22,26)/b21-11+. The predicted molar refractivity (Wildman–Crippen MR) is 114 cm³/mol. The van der Waals surface area contributed by atoms with Crippen LogP contribution in [0.4, 0.5) is 0 Å². The number of ether oxygens (including phenoxy) is 1. The van der Waals surface area contributed by atoms with E-state index in [4.69, 9.17) is 4.74 Å². The summed E-state index contributed by atoms with van der Waals surface area (Å²) in [4.78, 5) is 12.0. The molecule has 3 aromatic rings. The highest BCUT2D eigenvalue weighted by Crippen LogP contribution is 2.24. The molecule has 9 heteroatoms. The fraction of sp³-hybridized carbons (Fsp3) is 0.158. The first-order chi connectivity index (χ1) is 13.6. The summed E-state index contributed by atoms with van der Waals surface area (Å²) in [5.74, 6) is 1.42. The minimum absolute atomic E-state index is 0.180. The van der Waals surface area contributed by atoms with E-state index in [0.717, 1.165) is 27.2 Å². The summed E-state index contributed by atoms with van der Waals surface area (Å²) in [7, 11) is 3.47. The average Bonchev–Trinajstić information content (AvgIpc) is 3.07. The number of thioether (sulfide) groups is 1. The number of benzene rings is 2. The van der Waals surface area contributed by atoms with Gasteiger partial charge >= 0.3 is 0 Å². The van der Waals surface area contributed by atoms with Gasteiger partial charge in [0.2, 0.25) is 0 Å². The van der Waals surface area contributed by atoms with Crippen LogP contribution < -0.4 is 10.2 Å². The third-order valence-electron chi connectivity index (χ3n) is 3.75. The molecular weight excluding hydrogens is 442 g/mol. The largest absolute Gasteiger partial charge is 0.497 e. The number of nitrogens with one attached hydrogen (secondary N) is 1. The Labute approximate surface area is 175 Å². The van der Waals surface area contributed by atoms with Gasteiger partial charge in [-0.15, -0.1) is 10.2 Å². The molecule has 0 saturated carbocycles. The van der Waals surface area contributed by atoms with Gasteiger partial charge in [0.15, 0.2) is 11.0 Å². The third kappa shape index (κ3) is 5.20. The highest BCUT2D eigenvalue weighted by molar-refractivity contribution is 9.10. The molecule has 1 heterocycles. The number of hydrazone groups is 1. The molecule has 2 aromatic carbocycles. The Bertz CT molecular complexity index is 1010. The number of aromatic nitrogens is 3. The maximum absolute atomic E-state index is 12.0. The summed E-state index contributed by atoms with van der Waals surface area (Å²) in [6.07, 6.45) is 1.57. The molecule has 1 N–H and O–H groups in total. The maximum atomic E-state index is 12.0. The summed E-state index contributed by atoms with van der Waals surface area (Å²) < 4.78 is 7.98. The van der Waals surface area contributed by atoms with Gasteiger partial charge in [-0.1, -0.05) is 52.0 Å². The molecule has 144 valence electrons. The van der Waals surface area contributed by atoms with Gasteiger partial charge in [0.05, 0.1) is 19.1 Å². The average molecular weight is 460 g/mol. The van der Waals surface area contributed by atoms with Gasteiger partial charge in [0, 0.05) is 17.1 Å². The van der Waals surface area contributed by atoms with Gasteiger partial charge in [-0.25, -0.2) is 5.43 Å². The van der Waals surface area contributed by atoms with Crippen molar-refractivity contribution in [3.63, 3.8) is 0 Å². The Hall–Kier alpha value is -2.65. The monoisotopic (exact) mass is 459 g/mol. The third-order valence-corrected chi connectivity index (χ3v) is 5.26. The molecule has 0 aliphatic rings. The van der Waals surface area contributed by atoms with Crippen LogP contribution in [0, 0.1) is 0 Å². The van der Waals surface area contributed by atoms with E-state index in [9.17, 15) is 4.79 Å². The molecule has 0 unspecified atom stereocenters. The smallest absolute Gasteiger partial charge is 0.250 e. The molecule has 0 bridgehead atoms. The van der Waals surface area contributed by atoms with E-state index in [1.807, 2.05) is 60.1 Å². The second kappa shape index (κ2) is 9.52. The van der Waals surface area contributed by atoms with E-state index in [2.05, 4.69) is 36.7 Å². The Morgan fingerprint density at radius 3 is 2.89 bits per heavy atom. The van der Waals surface area contributed by atoms with E-state index in [-0.39, 0.29) is 11.7 Å². The van der Waals surface area contributed by atoms with Crippen molar-refractivity contribution in [1.29, 1.82) is 0 Å². The van der Waals surface area contributed by atoms with E-state index >= 15 is 0 Å². The van der Waals surface area contributed by atoms with Crippen molar-refractivity contribution in [2.45, 2.75) is 5.16 Å². The van der Waals surface area contributed by atoms with Crippen molar-refractivity contribution >= 4 is 39.8 Å². The predicted octanol–water partition coefficient (Wildman–Crippen LogP) is 3.50. The van der Waals surface area contributed by atoms with Crippen molar-refractivity contribution in [2.75, 3.05) is 12.9 Å². The fourth-order valence-electron chi connectivity index (χ4n) is 2.38. The van der Waals surface area contributed by atoms with Crippen molar-refractivity contribution in [2.24, 2.45) is 12.1 Å². The van der Waals surface area contributed by atoms with Crippen LogP contribution in [0.25, 0.3) is 11.4 Å². The second-order valence-corrected chi connectivity index (χ2v) is 7.59. The number of hydrogen-bond acceptors (Lipinski definition) is 6. The topological polar surface area (TPSA) is 81.4 Å². The summed E-state index contributed by atoms with van der Waals surface area (Å²) in [6, 6.07) is 15.2. The van der Waals surface area contributed by atoms with Crippen molar-refractivity contribution in [3.05, 3.63) is 58.6 Å². The number of rotatable bonds is 7. The van der Waals surface area contributed by atoms with Crippen molar-refractivity contribution in [1.82, 2.24) is 20.2 Å². The molecule has 7 nitrogen and oxygen atoms in total. The molecule has 28 heavy (non-hydrogen) atoms. The summed E-state index contributed by atoms with van der Waals surface area (Å²) in [6.45, 7) is 0. The SMILES string of the molecule is COc1cccc(/C=N/NC(=O)CSc2nnc(-c3cccc(Br)c3)n2C)c1. The number of hydrogen-bond donors (Lipinski definition) is 1.